The summed E-state index contributed by atoms with van der Waals surface area (Å²) in [4.78, 5) is 11.3. The highest BCUT2D eigenvalue weighted by molar-refractivity contribution is 5.89. The number of benzene rings is 1. The molecule has 4 heteroatoms. The van der Waals surface area contributed by atoms with Crippen molar-refractivity contribution in [2.45, 2.75) is 26.2 Å². The van der Waals surface area contributed by atoms with Crippen LogP contribution in [0.1, 0.15) is 26.2 Å². The van der Waals surface area contributed by atoms with Crippen molar-refractivity contribution in [3.8, 4) is 0 Å². The van der Waals surface area contributed by atoms with E-state index in [9.17, 15) is 0 Å². The molecular weight excluding hydrogens is 260 g/mol. The van der Waals surface area contributed by atoms with E-state index in [4.69, 9.17) is 0 Å². The first-order chi connectivity index (χ1) is 10.4. The molecule has 1 aliphatic rings. The van der Waals surface area contributed by atoms with E-state index in [0.29, 0.717) is 0 Å². The Bertz CT molecular complexity index is 571. The summed E-state index contributed by atoms with van der Waals surface area (Å²) in [6.07, 6.45) is 5.39. The van der Waals surface area contributed by atoms with Gasteiger partial charge in [0.2, 0.25) is 0 Å². The number of rotatable bonds is 5. The van der Waals surface area contributed by atoms with Crippen molar-refractivity contribution in [2.75, 3.05) is 31.1 Å². The summed E-state index contributed by atoms with van der Waals surface area (Å²) in [5.74, 6) is 1.90. The van der Waals surface area contributed by atoms with Gasteiger partial charge in [0.15, 0.2) is 0 Å². The van der Waals surface area contributed by atoms with Crippen molar-refractivity contribution in [1.29, 1.82) is 0 Å². The lowest BCUT2D eigenvalue weighted by atomic mass is 9.96. The summed E-state index contributed by atoms with van der Waals surface area (Å²) in [5, 5.41) is 4.71. The predicted octanol–water partition coefficient (Wildman–Crippen LogP) is 2.85. The topological polar surface area (TPSA) is 41.0 Å². The number of hydrogen-bond acceptors (Lipinski definition) is 4. The molecule has 0 bridgehead atoms. The lowest BCUT2D eigenvalue weighted by Gasteiger charge is -2.33. The average Bonchev–Trinajstić information content (AvgIpc) is 2.55. The van der Waals surface area contributed by atoms with Crippen molar-refractivity contribution in [1.82, 2.24) is 15.3 Å². The van der Waals surface area contributed by atoms with Crippen molar-refractivity contribution in [3.05, 3.63) is 30.6 Å². The molecule has 1 aromatic heterocycles. The van der Waals surface area contributed by atoms with E-state index in [-0.39, 0.29) is 0 Å². The molecule has 0 amide bonds. The van der Waals surface area contributed by atoms with E-state index in [1.54, 1.807) is 6.33 Å². The largest absolute Gasteiger partial charge is 0.356 e. The van der Waals surface area contributed by atoms with Crippen LogP contribution in [0.5, 0.6) is 0 Å². The van der Waals surface area contributed by atoms with Crippen molar-refractivity contribution in [2.24, 2.45) is 5.92 Å². The second kappa shape index (κ2) is 6.85. The van der Waals surface area contributed by atoms with Crippen LogP contribution in [-0.4, -0.2) is 36.1 Å². The first-order valence-corrected chi connectivity index (χ1v) is 8.04. The summed E-state index contributed by atoms with van der Waals surface area (Å²) in [6, 6.07) is 8.28. The van der Waals surface area contributed by atoms with Gasteiger partial charge >= 0.3 is 0 Å². The summed E-state index contributed by atoms with van der Waals surface area (Å²) in [7, 11) is 0. The molecule has 0 aliphatic carbocycles. The minimum Gasteiger partial charge on any atom is -0.356 e. The molecular formula is C17H24N4. The highest BCUT2D eigenvalue weighted by Gasteiger charge is 2.21. The molecule has 0 atom stereocenters. The molecule has 1 fully saturated rings. The normalized spacial score (nSPS) is 16.5. The Hall–Kier alpha value is -1.68. The smallest absolute Gasteiger partial charge is 0.139 e. The molecule has 0 radical (unpaired) electrons. The van der Waals surface area contributed by atoms with Gasteiger partial charge in [0, 0.05) is 18.5 Å². The van der Waals surface area contributed by atoms with Gasteiger partial charge < -0.3 is 10.2 Å². The third-order valence-corrected chi connectivity index (χ3v) is 4.30. The molecule has 1 N–H and O–H groups in total. The molecule has 0 spiro atoms. The number of para-hydroxylation sites is 1. The molecule has 21 heavy (non-hydrogen) atoms. The predicted molar refractivity (Wildman–Crippen MR) is 87.6 cm³/mol. The molecule has 0 saturated carbocycles. The summed E-state index contributed by atoms with van der Waals surface area (Å²) >= 11 is 0. The van der Waals surface area contributed by atoms with Gasteiger partial charge in [0.1, 0.15) is 12.1 Å². The van der Waals surface area contributed by atoms with Crippen LogP contribution in [0.15, 0.2) is 30.6 Å². The van der Waals surface area contributed by atoms with Gasteiger partial charge in [-0.1, -0.05) is 19.1 Å². The fourth-order valence-corrected chi connectivity index (χ4v) is 3.07. The van der Waals surface area contributed by atoms with E-state index in [0.717, 1.165) is 43.4 Å². The fourth-order valence-electron chi connectivity index (χ4n) is 3.07. The van der Waals surface area contributed by atoms with Crippen LogP contribution in [-0.2, 0) is 0 Å². The summed E-state index contributed by atoms with van der Waals surface area (Å²) < 4.78 is 0. The second-order valence-electron chi connectivity index (χ2n) is 5.85. The molecule has 1 aromatic carbocycles. The summed E-state index contributed by atoms with van der Waals surface area (Å²) in [6.45, 7) is 6.71. The number of anilines is 1. The Morgan fingerprint density at radius 1 is 1.19 bits per heavy atom. The third-order valence-electron chi connectivity index (χ3n) is 4.30. The second-order valence-corrected chi connectivity index (χ2v) is 5.85. The van der Waals surface area contributed by atoms with Crippen molar-refractivity contribution >= 4 is 16.7 Å². The Balaban J connectivity index is 1.66. The number of fused-ring (bicyclic) bond motifs is 1. The number of nitrogens with zero attached hydrogens (tertiary/aromatic N) is 3. The van der Waals surface area contributed by atoms with Gasteiger partial charge in [-0.05, 0) is 50.4 Å². The van der Waals surface area contributed by atoms with E-state index < -0.39 is 0 Å². The van der Waals surface area contributed by atoms with Crippen molar-refractivity contribution in [3.63, 3.8) is 0 Å². The van der Waals surface area contributed by atoms with Crippen LogP contribution in [0, 0.1) is 5.92 Å². The maximum absolute atomic E-state index is 4.53. The zero-order valence-corrected chi connectivity index (χ0v) is 12.8. The van der Waals surface area contributed by atoms with E-state index in [1.165, 1.54) is 24.6 Å². The van der Waals surface area contributed by atoms with E-state index in [2.05, 4.69) is 45.3 Å². The van der Waals surface area contributed by atoms with Crippen molar-refractivity contribution < 1.29 is 0 Å². The monoisotopic (exact) mass is 284 g/mol. The molecule has 1 saturated heterocycles. The van der Waals surface area contributed by atoms with Crippen LogP contribution >= 0.6 is 0 Å². The number of nitrogens with one attached hydrogen (secondary N) is 1. The maximum Gasteiger partial charge on any atom is 0.139 e. The maximum atomic E-state index is 4.53. The van der Waals surface area contributed by atoms with Gasteiger partial charge in [-0.15, -0.1) is 0 Å². The fraction of sp³-hybridized carbons (Fsp3) is 0.529. The molecule has 1 aliphatic heterocycles. The third kappa shape index (κ3) is 3.32. The number of hydrogen-bond donors (Lipinski definition) is 1. The van der Waals surface area contributed by atoms with Crippen LogP contribution in [0.2, 0.25) is 0 Å². The lowest BCUT2D eigenvalue weighted by molar-refractivity contribution is 0.382. The number of aromatic nitrogens is 2. The Morgan fingerprint density at radius 3 is 2.81 bits per heavy atom. The minimum atomic E-state index is 0.806. The first kappa shape index (κ1) is 14.3. The molecule has 0 unspecified atom stereocenters. The van der Waals surface area contributed by atoms with Gasteiger partial charge in [-0.25, -0.2) is 9.97 Å². The van der Waals surface area contributed by atoms with Gasteiger partial charge in [-0.2, -0.15) is 0 Å². The van der Waals surface area contributed by atoms with Gasteiger partial charge in [-0.3, -0.25) is 0 Å². The van der Waals surface area contributed by atoms with E-state index in [1.807, 2.05) is 6.07 Å². The first-order valence-electron chi connectivity index (χ1n) is 8.04. The molecule has 4 nitrogen and oxygen atoms in total. The zero-order valence-electron chi connectivity index (χ0n) is 12.8. The van der Waals surface area contributed by atoms with Crippen LogP contribution in [0.25, 0.3) is 10.9 Å². The van der Waals surface area contributed by atoms with Crippen LogP contribution < -0.4 is 10.2 Å². The SMILES string of the molecule is CCCNCC1CCN(c2ncnc3ccccc23)CC1. The van der Waals surface area contributed by atoms with Crippen LogP contribution in [0.3, 0.4) is 0 Å². The molecule has 2 heterocycles. The Labute approximate surface area is 126 Å². The highest BCUT2D eigenvalue weighted by Crippen LogP contribution is 2.26. The Kier molecular flexibility index (Phi) is 4.65. The standard InChI is InChI=1S/C17H24N4/c1-2-9-18-12-14-7-10-21(11-8-14)17-15-5-3-4-6-16(15)19-13-20-17/h3-6,13-14,18H,2,7-12H2,1H3. The average molecular weight is 284 g/mol. The Morgan fingerprint density at radius 2 is 2.00 bits per heavy atom. The summed E-state index contributed by atoms with van der Waals surface area (Å²) in [5.41, 5.74) is 1.04. The van der Waals surface area contributed by atoms with Gasteiger partial charge in [0.25, 0.3) is 0 Å². The van der Waals surface area contributed by atoms with Crippen LogP contribution in [0.4, 0.5) is 5.82 Å². The molecule has 3 rings (SSSR count). The highest BCUT2D eigenvalue weighted by atomic mass is 15.2. The number of piperidine rings is 1. The zero-order chi connectivity index (χ0) is 14.5. The van der Waals surface area contributed by atoms with E-state index >= 15 is 0 Å². The lowest BCUT2D eigenvalue weighted by Crippen LogP contribution is -2.38. The quantitative estimate of drug-likeness (QED) is 0.857. The molecule has 112 valence electrons. The molecule has 2 aromatic rings. The minimum absolute atomic E-state index is 0.806. The van der Waals surface area contributed by atoms with Gasteiger partial charge in [0.05, 0.1) is 5.52 Å².